The minimum Gasteiger partial charge on any atom is -0.436 e. The molecule has 2 aromatic heterocycles. The Labute approximate surface area is 180 Å². The van der Waals surface area contributed by atoms with E-state index in [9.17, 15) is 0 Å². The highest BCUT2D eigenvalue weighted by Crippen LogP contribution is 2.40. The Morgan fingerprint density at radius 3 is 2.52 bits per heavy atom. The van der Waals surface area contributed by atoms with Crippen LogP contribution in [0.3, 0.4) is 0 Å². The van der Waals surface area contributed by atoms with Crippen LogP contribution in [-0.4, -0.2) is 9.97 Å². The van der Waals surface area contributed by atoms with Crippen LogP contribution in [0.25, 0.3) is 62.3 Å². The monoisotopic (exact) mass is 400 g/mol. The Kier molecular flexibility index (Phi) is 3.90. The normalized spacial score (nSPS) is 13.0. The van der Waals surface area contributed by atoms with Crippen LogP contribution in [-0.2, 0) is 6.42 Å². The summed E-state index contributed by atoms with van der Waals surface area (Å²) in [6.07, 6.45) is 9.91. The number of fused-ring (bicyclic) bond motifs is 6. The summed E-state index contributed by atoms with van der Waals surface area (Å²) in [5, 5.41) is 4.36. The van der Waals surface area contributed by atoms with Crippen LogP contribution in [0.5, 0.6) is 0 Å². The molecule has 0 spiro atoms. The van der Waals surface area contributed by atoms with Gasteiger partial charge in [-0.15, -0.1) is 0 Å². The SMILES string of the molecule is C=Cc1nc(-c2c3ccc4c(c3nc3c2ccc2ccccc23)C=CCC4)oc1C=C. The molecule has 2 heterocycles. The Morgan fingerprint density at radius 2 is 1.68 bits per heavy atom. The fourth-order valence-electron chi connectivity index (χ4n) is 4.62. The predicted molar refractivity (Wildman–Crippen MR) is 130 cm³/mol. The van der Waals surface area contributed by atoms with Crippen LogP contribution < -0.4 is 0 Å². The Hall–Kier alpha value is -3.98. The van der Waals surface area contributed by atoms with Gasteiger partial charge in [-0.3, -0.25) is 0 Å². The smallest absolute Gasteiger partial charge is 0.228 e. The number of pyridine rings is 1. The van der Waals surface area contributed by atoms with Gasteiger partial charge < -0.3 is 4.42 Å². The van der Waals surface area contributed by atoms with Gasteiger partial charge in [0, 0.05) is 21.7 Å². The molecular weight excluding hydrogens is 380 g/mol. The molecule has 0 bridgehead atoms. The van der Waals surface area contributed by atoms with Gasteiger partial charge in [-0.25, -0.2) is 9.97 Å². The summed E-state index contributed by atoms with van der Waals surface area (Å²) in [5.41, 5.74) is 6.14. The average molecular weight is 400 g/mol. The number of hydrogen-bond donors (Lipinski definition) is 0. The van der Waals surface area contributed by atoms with Crippen molar-refractivity contribution in [2.75, 3.05) is 0 Å². The number of oxazole rings is 1. The molecule has 0 saturated heterocycles. The number of rotatable bonds is 3. The zero-order chi connectivity index (χ0) is 20.9. The zero-order valence-corrected chi connectivity index (χ0v) is 17.1. The van der Waals surface area contributed by atoms with Gasteiger partial charge in [0.05, 0.1) is 16.6 Å². The number of allylic oxidation sites excluding steroid dienone is 1. The molecular formula is C28H20N2O. The third-order valence-electron chi connectivity index (χ3n) is 6.11. The molecule has 0 fully saturated rings. The Bertz CT molecular complexity index is 1540. The first-order valence-electron chi connectivity index (χ1n) is 10.5. The van der Waals surface area contributed by atoms with Gasteiger partial charge in [0.25, 0.3) is 0 Å². The van der Waals surface area contributed by atoms with E-state index in [1.54, 1.807) is 12.2 Å². The van der Waals surface area contributed by atoms with Crippen LogP contribution in [0.1, 0.15) is 29.0 Å². The second-order valence-electron chi connectivity index (χ2n) is 7.82. The topological polar surface area (TPSA) is 38.9 Å². The third-order valence-corrected chi connectivity index (χ3v) is 6.11. The van der Waals surface area contributed by atoms with E-state index in [-0.39, 0.29) is 0 Å². The lowest BCUT2D eigenvalue weighted by atomic mass is 9.91. The number of aryl methyl sites for hydroxylation is 1. The summed E-state index contributed by atoms with van der Waals surface area (Å²) in [6.45, 7) is 7.74. The molecule has 3 nitrogen and oxygen atoms in total. The Balaban J connectivity index is 1.84. The van der Waals surface area contributed by atoms with Crippen LogP contribution >= 0.6 is 0 Å². The van der Waals surface area contributed by atoms with Crippen molar-refractivity contribution in [1.29, 1.82) is 0 Å². The summed E-state index contributed by atoms with van der Waals surface area (Å²) < 4.78 is 6.17. The lowest BCUT2D eigenvalue weighted by molar-refractivity contribution is 0.565. The van der Waals surface area contributed by atoms with Gasteiger partial charge in [-0.05, 0) is 35.9 Å². The van der Waals surface area contributed by atoms with Crippen molar-refractivity contribution in [2.24, 2.45) is 0 Å². The summed E-state index contributed by atoms with van der Waals surface area (Å²) >= 11 is 0. The summed E-state index contributed by atoms with van der Waals surface area (Å²) in [5.74, 6) is 1.19. The van der Waals surface area contributed by atoms with E-state index < -0.39 is 0 Å². The van der Waals surface area contributed by atoms with E-state index in [0.717, 1.165) is 45.6 Å². The van der Waals surface area contributed by atoms with Gasteiger partial charge in [0.1, 0.15) is 5.69 Å². The molecule has 5 aromatic rings. The molecule has 0 radical (unpaired) electrons. The maximum absolute atomic E-state index is 6.17. The van der Waals surface area contributed by atoms with E-state index in [0.29, 0.717) is 17.3 Å². The molecule has 0 saturated carbocycles. The summed E-state index contributed by atoms with van der Waals surface area (Å²) in [7, 11) is 0. The van der Waals surface area contributed by atoms with Crippen molar-refractivity contribution in [3.05, 3.63) is 90.3 Å². The molecule has 1 aliphatic rings. The molecule has 0 unspecified atom stereocenters. The minimum absolute atomic E-state index is 0.567. The number of benzene rings is 3. The van der Waals surface area contributed by atoms with E-state index in [2.05, 4.69) is 73.8 Å². The minimum atomic E-state index is 0.567. The van der Waals surface area contributed by atoms with Crippen molar-refractivity contribution in [3.8, 4) is 11.5 Å². The quantitative estimate of drug-likeness (QED) is 0.233. The first kappa shape index (κ1) is 17.8. The molecule has 0 atom stereocenters. The zero-order valence-electron chi connectivity index (χ0n) is 17.1. The van der Waals surface area contributed by atoms with Crippen molar-refractivity contribution < 1.29 is 4.42 Å². The van der Waals surface area contributed by atoms with Crippen molar-refractivity contribution in [1.82, 2.24) is 9.97 Å². The lowest BCUT2D eigenvalue weighted by Gasteiger charge is -2.16. The van der Waals surface area contributed by atoms with Crippen molar-refractivity contribution >= 4 is 50.8 Å². The van der Waals surface area contributed by atoms with E-state index in [1.165, 1.54) is 16.5 Å². The highest BCUT2D eigenvalue weighted by Gasteiger charge is 2.21. The van der Waals surface area contributed by atoms with Crippen LogP contribution in [0.2, 0.25) is 0 Å². The molecule has 0 N–H and O–H groups in total. The Morgan fingerprint density at radius 1 is 0.839 bits per heavy atom. The molecule has 0 amide bonds. The van der Waals surface area contributed by atoms with Gasteiger partial charge in [0.2, 0.25) is 5.89 Å². The fourth-order valence-corrected chi connectivity index (χ4v) is 4.62. The van der Waals surface area contributed by atoms with E-state index in [1.807, 2.05) is 0 Å². The third kappa shape index (κ3) is 2.60. The maximum Gasteiger partial charge on any atom is 0.228 e. The lowest BCUT2D eigenvalue weighted by Crippen LogP contribution is -1.99. The molecule has 0 aliphatic heterocycles. The second-order valence-corrected chi connectivity index (χ2v) is 7.82. The first-order valence-corrected chi connectivity index (χ1v) is 10.5. The van der Waals surface area contributed by atoms with Gasteiger partial charge in [0.15, 0.2) is 5.76 Å². The standard InChI is InChI=1S/C28H20N2O/c1-3-23-24(4-2)31-28(29-23)25-21-15-13-17-9-5-7-11-19(17)26(21)30-27-20-12-8-6-10-18(20)14-16-22(25)27/h3-5,7-9,11-16H,1-2,6,10H2. The van der Waals surface area contributed by atoms with Gasteiger partial charge in [-0.1, -0.05) is 73.8 Å². The first-order chi connectivity index (χ1) is 15.3. The number of nitrogens with zero attached hydrogens (tertiary/aromatic N) is 2. The van der Waals surface area contributed by atoms with Crippen LogP contribution in [0.15, 0.2) is 72.2 Å². The maximum atomic E-state index is 6.17. The number of hydrogen-bond acceptors (Lipinski definition) is 3. The van der Waals surface area contributed by atoms with Crippen LogP contribution in [0.4, 0.5) is 0 Å². The van der Waals surface area contributed by atoms with Crippen molar-refractivity contribution in [2.45, 2.75) is 12.8 Å². The van der Waals surface area contributed by atoms with Gasteiger partial charge >= 0.3 is 0 Å². The largest absolute Gasteiger partial charge is 0.436 e. The molecule has 3 aromatic carbocycles. The summed E-state index contributed by atoms with van der Waals surface area (Å²) in [4.78, 5) is 9.97. The molecule has 6 rings (SSSR count). The van der Waals surface area contributed by atoms with E-state index >= 15 is 0 Å². The second kappa shape index (κ2) is 6.78. The summed E-state index contributed by atoms with van der Waals surface area (Å²) in [6, 6.07) is 17.0. The van der Waals surface area contributed by atoms with Gasteiger partial charge in [-0.2, -0.15) is 0 Å². The fraction of sp³-hybridized carbons (Fsp3) is 0.0714. The highest BCUT2D eigenvalue weighted by atomic mass is 16.4. The van der Waals surface area contributed by atoms with Crippen molar-refractivity contribution in [3.63, 3.8) is 0 Å². The highest BCUT2D eigenvalue weighted by molar-refractivity contribution is 6.17. The molecule has 3 heteroatoms. The predicted octanol–water partition coefficient (Wildman–Crippen LogP) is 7.44. The van der Waals surface area contributed by atoms with E-state index in [4.69, 9.17) is 14.4 Å². The molecule has 31 heavy (non-hydrogen) atoms. The number of aromatic nitrogens is 2. The van der Waals surface area contributed by atoms with Crippen LogP contribution in [0, 0.1) is 0 Å². The average Bonchev–Trinajstić information content (AvgIpc) is 3.25. The molecule has 1 aliphatic carbocycles. The molecule has 148 valence electrons.